The van der Waals surface area contributed by atoms with Crippen LogP contribution in [0.5, 0.6) is 0 Å². The highest BCUT2D eigenvalue weighted by Gasteiger charge is 2.31. The molecular formula is C26H36O5. The molecule has 5 heteroatoms. The third kappa shape index (κ3) is 4.91. The van der Waals surface area contributed by atoms with Gasteiger partial charge in [0.15, 0.2) is 16.6 Å². The van der Waals surface area contributed by atoms with E-state index in [0.29, 0.717) is 58.1 Å². The van der Waals surface area contributed by atoms with Crippen molar-refractivity contribution in [3.05, 3.63) is 65.7 Å². The number of ketones is 1. The van der Waals surface area contributed by atoms with E-state index in [-0.39, 0.29) is 16.6 Å². The van der Waals surface area contributed by atoms with Crippen molar-refractivity contribution >= 4 is 5.78 Å². The predicted molar refractivity (Wildman–Crippen MR) is 123 cm³/mol. The van der Waals surface area contributed by atoms with Gasteiger partial charge in [0.1, 0.15) is 23.0 Å². The van der Waals surface area contributed by atoms with Crippen molar-refractivity contribution in [2.75, 3.05) is 0 Å². The molecule has 2 atom stereocenters. The van der Waals surface area contributed by atoms with Crippen LogP contribution in [0.25, 0.3) is 0 Å². The first kappa shape index (κ1) is 24.8. The van der Waals surface area contributed by atoms with Crippen LogP contribution in [0.15, 0.2) is 18.4 Å². The molecule has 0 aliphatic heterocycles. The summed E-state index contributed by atoms with van der Waals surface area (Å²) in [6.07, 6.45) is 4.34. The maximum Gasteiger partial charge on any atom is 0.191 e. The average molecular weight is 429 g/mol. The molecule has 2 heterocycles. The minimum atomic E-state index is -0.622. The Kier molecular flexibility index (Phi) is 8.21. The number of hydrogen-bond donors (Lipinski definition) is 0. The Hall–Kier alpha value is -2.43. The predicted octanol–water partition coefficient (Wildman–Crippen LogP) is 5.60. The topological polar surface area (TPSA) is 77.5 Å². The monoisotopic (exact) mass is 428 g/mol. The van der Waals surface area contributed by atoms with Crippen LogP contribution >= 0.6 is 0 Å². The van der Waals surface area contributed by atoms with Crippen LogP contribution in [0.1, 0.15) is 104 Å². The molecule has 0 N–H and O–H groups in total. The summed E-state index contributed by atoms with van der Waals surface area (Å²) in [5, 5.41) is 0. The van der Waals surface area contributed by atoms with Crippen molar-refractivity contribution in [1.29, 1.82) is 0 Å². The van der Waals surface area contributed by atoms with Crippen LogP contribution < -0.4 is 10.9 Å². The van der Waals surface area contributed by atoms with Crippen LogP contribution in [0.4, 0.5) is 0 Å². The summed E-state index contributed by atoms with van der Waals surface area (Å²) in [6, 6.07) is 0. The number of rotatable bonds is 9. The van der Waals surface area contributed by atoms with Crippen LogP contribution in [-0.2, 0) is 17.6 Å². The molecule has 2 rings (SSSR count). The van der Waals surface area contributed by atoms with Crippen LogP contribution in [0, 0.1) is 27.7 Å². The zero-order chi connectivity index (χ0) is 23.5. The minimum Gasteiger partial charge on any atom is -0.465 e. The van der Waals surface area contributed by atoms with Gasteiger partial charge in [0.25, 0.3) is 0 Å². The summed E-state index contributed by atoms with van der Waals surface area (Å²) in [4.78, 5) is 38.8. The number of carbonyl (C=O) groups is 1. The molecule has 0 fully saturated rings. The highest BCUT2D eigenvalue weighted by atomic mass is 16.3. The summed E-state index contributed by atoms with van der Waals surface area (Å²) in [6.45, 7) is 14.5. The molecule has 5 nitrogen and oxygen atoms in total. The molecule has 0 amide bonds. The molecule has 0 aliphatic rings. The van der Waals surface area contributed by atoms with Gasteiger partial charge >= 0.3 is 0 Å². The van der Waals surface area contributed by atoms with E-state index in [1.165, 1.54) is 0 Å². The van der Waals surface area contributed by atoms with E-state index < -0.39 is 11.8 Å². The van der Waals surface area contributed by atoms with Crippen molar-refractivity contribution in [2.24, 2.45) is 0 Å². The summed E-state index contributed by atoms with van der Waals surface area (Å²) in [7, 11) is 0. The summed E-state index contributed by atoms with van der Waals surface area (Å²) >= 11 is 0. The third-order valence-electron chi connectivity index (χ3n) is 6.37. The zero-order valence-corrected chi connectivity index (χ0v) is 20.2. The van der Waals surface area contributed by atoms with Gasteiger partial charge < -0.3 is 8.83 Å². The number of carbonyl (C=O) groups excluding carboxylic acids is 1. The van der Waals surface area contributed by atoms with E-state index in [4.69, 9.17) is 8.83 Å². The smallest absolute Gasteiger partial charge is 0.191 e. The fourth-order valence-corrected chi connectivity index (χ4v) is 4.18. The molecule has 31 heavy (non-hydrogen) atoms. The largest absolute Gasteiger partial charge is 0.465 e. The first-order valence-corrected chi connectivity index (χ1v) is 11.4. The molecule has 0 saturated carbocycles. The molecule has 2 aromatic heterocycles. The van der Waals surface area contributed by atoms with Gasteiger partial charge in [-0.2, -0.15) is 0 Å². The molecule has 0 radical (unpaired) electrons. The highest BCUT2D eigenvalue weighted by molar-refractivity contribution is 5.90. The lowest BCUT2D eigenvalue weighted by Crippen LogP contribution is -2.24. The standard InChI is InChI=1S/C26H36O5/c1-9-11-12-13-21-15(4)23(28)17(6)26(31-21)19(8)24(29)18(7)25-16(5)22(27)14(3)20(10-2)30-25/h18-19H,9-13H2,1-8H3/t18-,19-/m0/s1. The molecule has 0 unspecified atom stereocenters. The Labute approximate surface area is 184 Å². The first-order chi connectivity index (χ1) is 14.6. The van der Waals surface area contributed by atoms with Gasteiger partial charge in [0.05, 0.1) is 11.8 Å². The van der Waals surface area contributed by atoms with Crippen molar-refractivity contribution in [3.63, 3.8) is 0 Å². The van der Waals surface area contributed by atoms with E-state index in [1.807, 2.05) is 6.92 Å². The first-order valence-electron chi connectivity index (χ1n) is 11.4. The van der Waals surface area contributed by atoms with E-state index in [0.717, 1.165) is 19.3 Å². The number of aryl methyl sites for hydroxylation is 2. The molecule has 2 aromatic rings. The second-order valence-corrected chi connectivity index (χ2v) is 8.59. The quantitative estimate of drug-likeness (QED) is 0.486. The zero-order valence-electron chi connectivity index (χ0n) is 20.2. The molecule has 0 aromatic carbocycles. The maximum absolute atomic E-state index is 13.4. The molecule has 0 aliphatic carbocycles. The lowest BCUT2D eigenvalue weighted by atomic mass is 9.88. The molecule has 0 spiro atoms. The van der Waals surface area contributed by atoms with Gasteiger partial charge in [0.2, 0.25) is 0 Å². The van der Waals surface area contributed by atoms with E-state index >= 15 is 0 Å². The fourth-order valence-electron chi connectivity index (χ4n) is 4.18. The number of Topliss-reactive ketones (excluding diaryl/α,β-unsaturated/α-hetero) is 1. The summed E-state index contributed by atoms with van der Waals surface area (Å²) in [5.74, 6) is 0.715. The summed E-state index contributed by atoms with van der Waals surface area (Å²) in [5.41, 5.74) is 2.01. The Morgan fingerprint density at radius 3 is 1.65 bits per heavy atom. The average Bonchev–Trinajstić information content (AvgIpc) is 2.76. The molecular weight excluding hydrogens is 392 g/mol. The van der Waals surface area contributed by atoms with Crippen molar-refractivity contribution in [1.82, 2.24) is 0 Å². The Morgan fingerprint density at radius 1 is 0.742 bits per heavy atom. The van der Waals surface area contributed by atoms with E-state index in [1.54, 1.807) is 41.5 Å². The fraction of sp³-hybridized carbons (Fsp3) is 0.577. The van der Waals surface area contributed by atoms with E-state index in [2.05, 4.69) is 6.92 Å². The number of unbranched alkanes of at least 4 members (excludes halogenated alkanes) is 2. The lowest BCUT2D eigenvalue weighted by molar-refractivity contribution is -0.122. The van der Waals surface area contributed by atoms with Gasteiger partial charge in [-0.25, -0.2) is 0 Å². The van der Waals surface area contributed by atoms with Crippen LogP contribution in [0.3, 0.4) is 0 Å². The maximum atomic E-state index is 13.4. The highest BCUT2D eigenvalue weighted by Crippen LogP contribution is 2.30. The van der Waals surface area contributed by atoms with Crippen molar-refractivity contribution in [3.8, 4) is 0 Å². The molecule has 170 valence electrons. The number of hydrogen-bond acceptors (Lipinski definition) is 5. The van der Waals surface area contributed by atoms with Crippen molar-refractivity contribution in [2.45, 2.75) is 99.3 Å². The van der Waals surface area contributed by atoms with Gasteiger partial charge in [-0.3, -0.25) is 14.4 Å². The summed E-state index contributed by atoms with van der Waals surface area (Å²) < 4.78 is 12.1. The normalized spacial score (nSPS) is 13.3. The molecule has 0 saturated heterocycles. The molecule has 0 bridgehead atoms. The van der Waals surface area contributed by atoms with Gasteiger partial charge in [0, 0.05) is 35.1 Å². The third-order valence-corrected chi connectivity index (χ3v) is 6.37. The van der Waals surface area contributed by atoms with Gasteiger partial charge in [-0.05, 0) is 48.0 Å². The Bertz CT molecular complexity index is 1070. The second-order valence-electron chi connectivity index (χ2n) is 8.59. The Balaban J connectivity index is 2.47. The second kappa shape index (κ2) is 10.3. The van der Waals surface area contributed by atoms with E-state index in [9.17, 15) is 14.4 Å². The Morgan fingerprint density at radius 2 is 1.19 bits per heavy atom. The van der Waals surface area contributed by atoms with Crippen LogP contribution in [-0.4, -0.2) is 5.78 Å². The van der Waals surface area contributed by atoms with Crippen molar-refractivity contribution < 1.29 is 13.6 Å². The van der Waals surface area contributed by atoms with Gasteiger partial charge in [-0.1, -0.05) is 26.7 Å². The van der Waals surface area contributed by atoms with Crippen LogP contribution in [0.2, 0.25) is 0 Å². The lowest BCUT2D eigenvalue weighted by Gasteiger charge is -2.20. The van der Waals surface area contributed by atoms with Gasteiger partial charge in [-0.15, -0.1) is 0 Å². The minimum absolute atomic E-state index is 0.0635. The SMILES string of the molecule is CCCCCc1oc([C@@H](C)C(=O)[C@H](C)c2oc(CC)c(C)c(=O)c2C)c(C)c(=O)c1C.